The maximum atomic E-state index is 13.1. The monoisotopic (exact) mass is 442 g/mol. The summed E-state index contributed by atoms with van der Waals surface area (Å²) in [5.74, 6) is -0.0743. The van der Waals surface area contributed by atoms with E-state index in [0.29, 0.717) is 29.5 Å². The minimum atomic E-state index is -0.162. The van der Waals surface area contributed by atoms with Crippen molar-refractivity contribution in [3.63, 3.8) is 0 Å². The first-order valence-corrected chi connectivity index (χ1v) is 11.1. The Kier molecular flexibility index (Phi) is 7.93. The summed E-state index contributed by atoms with van der Waals surface area (Å²) < 4.78 is 0. The topological polar surface area (TPSA) is 64.7 Å². The zero-order chi connectivity index (χ0) is 22.4. The normalized spacial score (nSPS) is 18.6. The number of amides is 3. The van der Waals surface area contributed by atoms with Crippen molar-refractivity contribution < 1.29 is 9.59 Å². The number of likely N-dealkylation sites (N-methyl/N-ethyl adjacent to an activating group) is 1. The van der Waals surface area contributed by atoms with Crippen molar-refractivity contribution in [1.82, 2.24) is 9.80 Å². The molecule has 166 valence electrons. The number of hydrogen-bond donors (Lipinski definition) is 2. The van der Waals surface area contributed by atoms with Gasteiger partial charge in [-0.3, -0.25) is 4.79 Å². The van der Waals surface area contributed by atoms with E-state index in [1.165, 1.54) is 0 Å². The van der Waals surface area contributed by atoms with Gasteiger partial charge in [0, 0.05) is 49.0 Å². The van der Waals surface area contributed by atoms with Crippen LogP contribution in [0.3, 0.4) is 0 Å². The summed E-state index contributed by atoms with van der Waals surface area (Å²) in [5, 5.41) is 6.62. The highest BCUT2D eigenvalue weighted by atomic mass is 35.5. The third-order valence-corrected chi connectivity index (χ3v) is 5.96. The summed E-state index contributed by atoms with van der Waals surface area (Å²) in [4.78, 5) is 29.3. The number of carbonyl (C=O) groups is 2. The Morgan fingerprint density at radius 1 is 1.10 bits per heavy atom. The first kappa shape index (κ1) is 23.1. The van der Waals surface area contributed by atoms with Crippen molar-refractivity contribution in [3.8, 4) is 0 Å². The average Bonchev–Trinajstić information content (AvgIpc) is 3.14. The average molecular weight is 443 g/mol. The summed E-state index contributed by atoms with van der Waals surface area (Å²) in [7, 11) is 3.81. The molecule has 7 heteroatoms. The number of hydrogen-bond acceptors (Lipinski definition) is 3. The van der Waals surface area contributed by atoms with Crippen molar-refractivity contribution >= 4 is 34.9 Å². The quantitative estimate of drug-likeness (QED) is 0.641. The minimum absolute atomic E-state index is 0.0205. The highest BCUT2D eigenvalue weighted by molar-refractivity contribution is 6.30. The maximum Gasteiger partial charge on any atom is 0.321 e. The summed E-state index contributed by atoms with van der Waals surface area (Å²) in [6.07, 6.45) is 2.00. The van der Waals surface area contributed by atoms with Crippen LogP contribution in [-0.2, 0) is 4.79 Å². The molecular formula is C24H31ClN4O2. The van der Waals surface area contributed by atoms with E-state index in [1.54, 1.807) is 18.0 Å². The molecule has 1 aliphatic heterocycles. The van der Waals surface area contributed by atoms with Crippen LogP contribution in [0.1, 0.15) is 31.2 Å². The largest absolute Gasteiger partial charge is 0.328 e. The van der Waals surface area contributed by atoms with Crippen LogP contribution >= 0.6 is 11.6 Å². The number of urea groups is 1. The highest BCUT2D eigenvalue weighted by Crippen LogP contribution is 2.33. The van der Waals surface area contributed by atoms with Crippen LogP contribution in [0.5, 0.6) is 0 Å². The molecule has 2 aromatic rings. The fourth-order valence-corrected chi connectivity index (χ4v) is 4.07. The van der Waals surface area contributed by atoms with Crippen LogP contribution in [0.25, 0.3) is 0 Å². The van der Waals surface area contributed by atoms with E-state index in [-0.39, 0.29) is 23.8 Å². The van der Waals surface area contributed by atoms with Crippen molar-refractivity contribution in [2.45, 2.75) is 25.7 Å². The number of nitrogens with one attached hydrogen (secondary N) is 2. The Bertz CT molecular complexity index is 903. The zero-order valence-corrected chi connectivity index (χ0v) is 19.2. The van der Waals surface area contributed by atoms with Gasteiger partial charge in [0.05, 0.1) is 5.92 Å². The molecule has 1 saturated heterocycles. The molecule has 2 aromatic carbocycles. The van der Waals surface area contributed by atoms with E-state index in [1.807, 2.05) is 49.5 Å². The lowest BCUT2D eigenvalue weighted by Crippen LogP contribution is -2.32. The SMILES string of the molecule is CCCCN(C)C(=O)Nc1cccc(NC(=O)[C@@H]2CN(C)C[C@H]2c2ccc(Cl)cc2)c1. The van der Waals surface area contributed by atoms with E-state index in [2.05, 4.69) is 22.5 Å². The van der Waals surface area contributed by atoms with Crippen LogP contribution in [-0.4, -0.2) is 55.5 Å². The molecule has 0 spiro atoms. The van der Waals surface area contributed by atoms with Crippen LogP contribution in [0, 0.1) is 5.92 Å². The number of rotatable bonds is 7. The molecule has 1 aliphatic rings. The fourth-order valence-electron chi connectivity index (χ4n) is 3.94. The number of likely N-dealkylation sites (tertiary alicyclic amines) is 1. The summed E-state index contributed by atoms with van der Waals surface area (Å²) in [6.45, 7) is 4.31. The van der Waals surface area contributed by atoms with Crippen LogP contribution in [0.2, 0.25) is 5.02 Å². The Balaban J connectivity index is 1.66. The molecule has 0 unspecified atom stereocenters. The lowest BCUT2D eigenvalue weighted by atomic mass is 9.88. The highest BCUT2D eigenvalue weighted by Gasteiger charge is 2.37. The second-order valence-electron chi connectivity index (χ2n) is 8.26. The zero-order valence-electron chi connectivity index (χ0n) is 18.4. The molecule has 2 atom stereocenters. The Hall–Kier alpha value is -2.57. The molecule has 3 amide bonds. The smallest absolute Gasteiger partial charge is 0.321 e. The molecule has 1 fully saturated rings. The lowest BCUT2D eigenvalue weighted by Gasteiger charge is -2.20. The van der Waals surface area contributed by atoms with Gasteiger partial charge >= 0.3 is 6.03 Å². The predicted molar refractivity (Wildman–Crippen MR) is 127 cm³/mol. The number of anilines is 2. The molecular weight excluding hydrogens is 412 g/mol. The van der Waals surface area contributed by atoms with Gasteiger partial charge in [-0.15, -0.1) is 0 Å². The molecule has 0 aromatic heterocycles. The Labute approximate surface area is 189 Å². The van der Waals surface area contributed by atoms with E-state index in [9.17, 15) is 9.59 Å². The van der Waals surface area contributed by atoms with Gasteiger partial charge in [0.2, 0.25) is 5.91 Å². The van der Waals surface area contributed by atoms with Gasteiger partial charge in [-0.1, -0.05) is 43.1 Å². The predicted octanol–water partition coefficient (Wildman–Crippen LogP) is 4.89. The maximum absolute atomic E-state index is 13.1. The number of nitrogens with zero attached hydrogens (tertiary/aromatic N) is 2. The fraction of sp³-hybridized carbons (Fsp3) is 0.417. The molecule has 1 heterocycles. The van der Waals surface area contributed by atoms with Crippen molar-refractivity contribution in [2.75, 3.05) is 44.4 Å². The Morgan fingerprint density at radius 2 is 1.77 bits per heavy atom. The van der Waals surface area contributed by atoms with E-state index in [4.69, 9.17) is 11.6 Å². The van der Waals surface area contributed by atoms with Crippen molar-refractivity contribution in [2.24, 2.45) is 5.92 Å². The first-order valence-electron chi connectivity index (χ1n) is 10.7. The summed E-state index contributed by atoms with van der Waals surface area (Å²) >= 11 is 6.03. The standard InChI is InChI=1S/C24H31ClN4O2/c1-4-5-13-29(3)24(31)27-20-8-6-7-19(14-20)26-23(30)22-16-28(2)15-21(22)17-9-11-18(25)12-10-17/h6-12,14,21-22H,4-5,13,15-16H2,1-3H3,(H,26,30)(H,27,31)/t21-,22+/m0/s1. The van der Waals surface area contributed by atoms with Gasteiger partial charge in [0.25, 0.3) is 0 Å². The van der Waals surface area contributed by atoms with E-state index >= 15 is 0 Å². The molecule has 0 aliphatic carbocycles. The van der Waals surface area contributed by atoms with Crippen LogP contribution in [0.15, 0.2) is 48.5 Å². The lowest BCUT2D eigenvalue weighted by molar-refractivity contribution is -0.119. The van der Waals surface area contributed by atoms with Gasteiger partial charge < -0.3 is 20.4 Å². The number of carbonyl (C=O) groups excluding carboxylic acids is 2. The molecule has 31 heavy (non-hydrogen) atoms. The number of unbranched alkanes of at least 4 members (excludes halogenated alkanes) is 1. The molecule has 6 nitrogen and oxygen atoms in total. The molecule has 0 bridgehead atoms. The van der Waals surface area contributed by atoms with Crippen LogP contribution < -0.4 is 10.6 Å². The molecule has 3 rings (SSSR count). The third-order valence-electron chi connectivity index (χ3n) is 5.71. The van der Waals surface area contributed by atoms with Crippen molar-refractivity contribution in [1.29, 1.82) is 0 Å². The first-order chi connectivity index (χ1) is 14.9. The number of halogens is 1. The third kappa shape index (κ3) is 6.21. The second-order valence-corrected chi connectivity index (χ2v) is 8.70. The molecule has 2 N–H and O–H groups in total. The van der Waals surface area contributed by atoms with Gasteiger partial charge in [0.15, 0.2) is 0 Å². The van der Waals surface area contributed by atoms with Crippen molar-refractivity contribution in [3.05, 3.63) is 59.1 Å². The summed E-state index contributed by atoms with van der Waals surface area (Å²) in [6, 6.07) is 14.9. The summed E-state index contributed by atoms with van der Waals surface area (Å²) in [5.41, 5.74) is 2.44. The van der Waals surface area contributed by atoms with E-state index < -0.39 is 0 Å². The van der Waals surface area contributed by atoms with Gasteiger partial charge in [0.1, 0.15) is 0 Å². The number of benzene rings is 2. The molecule has 0 saturated carbocycles. The molecule has 0 radical (unpaired) electrons. The van der Waals surface area contributed by atoms with Gasteiger partial charge in [-0.05, 0) is 49.4 Å². The van der Waals surface area contributed by atoms with E-state index in [0.717, 1.165) is 24.9 Å². The Morgan fingerprint density at radius 3 is 2.45 bits per heavy atom. The van der Waals surface area contributed by atoms with Crippen LogP contribution in [0.4, 0.5) is 16.2 Å². The minimum Gasteiger partial charge on any atom is -0.328 e. The second kappa shape index (κ2) is 10.6. The van der Waals surface area contributed by atoms with Gasteiger partial charge in [-0.25, -0.2) is 4.79 Å². The van der Waals surface area contributed by atoms with Gasteiger partial charge in [-0.2, -0.15) is 0 Å².